The number of amides is 1. The molecule has 1 N–H and O–H groups in total. The Labute approximate surface area is 89.0 Å². The van der Waals surface area contributed by atoms with Gasteiger partial charge in [0.1, 0.15) is 0 Å². The van der Waals surface area contributed by atoms with E-state index in [2.05, 4.69) is 11.2 Å². The second-order valence-electron chi connectivity index (χ2n) is 3.19. The van der Waals surface area contributed by atoms with Gasteiger partial charge in [-0.15, -0.1) is 18.2 Å². The van der Waals surface area contributed by atoms with Crippen molar-refractivity contribution in [2.24, 2.45) is 0 Å². The van der Waals surface area contributed by atoms with Crippen LogP contribution in [0.15, 0.2) is 0 Å². The van der Waals surface area contributed by atoms with E-state index in [-0.39, 0.29) is 12.0 Å². The van der Waals surface area contributed by atoms with E-state index in [9.17, 15) is 4.79 Å². The van der Waals surface area contributed by atoms with Crippen LogP contribution in [0.25, 0.3) is 0 Å². The van der Waals surface area contributed by atoms with Gasteiger partial charge in [-0.05, 0) is 13.3 Å². The molecule has 0 aromatic rings. The number of carbonyl (C=O) groups is 1. The molecule has 0 saturated carbocycles. The van der Waals surface area contributed by atoms with Crippen LogP contribution in [-0.4, -0.2) is 36.2 Å². The summed E-state index contributed by atoms with van der Waals surface area (Å²) < 4.78 is 5.39. The second kappa shape index (κ2) is 5.94. The second-order valence-corrected chi connectivity index (χ2v) is 4.42. The molecule has 0 aliphatic carbocycles. The Bertz CT molecular complexity index is 237. The molecular formula is C10H15NO2S. The molecule has 1 aliphatic rings. The molecule has 0 bridgehead atoms. The van der Waals surface area contributed by atoms with Crippen molar-refractivity contribution in [2.45, 2.75) is 24.7 Å². The first-order chi connectivity index (χ1) is 6.74. The first kappa shape index (κ1) is 11.4. The zero-order valence-electron chi connectivity index (χ0n) is 8.29. The molecule has 3 nitrogen and oxygen atoms in total. The van der Waals surface area contributed by atoms with Crippen molar-refractivity contribution < 1.29 is 9.53 Å². The van der Waals surface area contributed by atoms with Gasteiger partial charge in [0.05, 0.1) is 18.4 Å². The zero-order chi connectivity index (χ0) is 10.4. The Morgan fingerprint density at radius 2 is 2.57 bits per heavy atom. The molecule has 0 aromatic heterocycles. The Hall–Kier alpha value is -0.660. The Morgan fingerprint density at radius 1 is 1.79 bits per heavy atom. The lowest BCUT2D eigenvalue weighted by atomic mass is 10.3. The van der Waals surface area contributed by atoms with Gasteiger partial charge in [0.15, 0.2) is 0 Å². The van der Waals surface area contributed by atoms with Crippen LogP contribution in [0.3, 0.4) is 0 Å². The first-order valence-electron chi connectivity index (χ1n) is 4.67. The number of carbonyl (C=O) groups excluding carboxylic acids is 1. The molecule has 14 heavy (non-hydrogen) atoms. The van der Waals surface area contributed by atoms with E-state index in [1.165, 1.54) is 0 Å². The van der Waals surface area contributed by atoms with Gasteiger partial charge in [-0.2, -0.15) is 0 Å². The third kappa shape index (κ3) is 3.60. The largest absolute Gasteiger partial charge is 0.377 e. The van der Waals surface area contributed by atoms with Gasteiger partial charge >= 0.3 is 0 Å². The summed E-state index contributed by atoms with van der Waals surface area (Å²) in [7, 11) is 0. The summed E-state index contributed by atoms with van der Waals surface area (Å²) in [6.07, 6.45) is 6.33. The van der Waals surface area contributed by atoms with Gasteiger partial charge in [0.25, 0.3) is 0 Å². The molecule has 78 valence electrons. The molecule has 1 saturated heterocycles. The Balaban J connectivity index is 2.13. The number of hydrogen-bond donors (Lipinski definition) is 1. The maximum Gasteiger partial charge on any atom is 0.230 e. The molecular weight excluding hydrogens is 198 g/mol. The van der Waals surface area contributed by atoms with E-state index in [1.807, 2.05) is 6.92 Å². The van der Waals surface area contributed by atoms with Crippen LogP contribution in [0, 0.1) is 12.3 Å². The standard InChI is InChI=1S/C10H15NO2S/c1-3-5-11-10(12)7-14-9-4-6-13-8(9)2/h1,8-9H,4-7H2,2H3,(H,11,12). The van der Waals surface area contributed by atoms with E-state index < -0.39 is 0 Å². The van der Waals surface area contributed by atoms with Crippen LogP contribution in [-0.2, 0) is 9.53 Å². The zero-order valence-corrected chi connectivity index (χ0v) is 9.10. The fourth-order valence-electron chi connectivity index (χ4n) is 1.31. The van der Waals surface area contributed by atoms with Crippen LogP contribution in [0.5, 0.6) is 0 Å². The molecule has 1 aliphatic heterocycles. The predicted molar refractivity (Wildman–Crippen MR) is 58.1 cm³/mol. The van der Waals surface area contributed by atoms with Crippen molar-refractivity contribution in [1.29, 1.82) is 0 Å². The highest BCUT2D eigenvalue weighted by Crippen LogP contribution is 2.25. The number of nitrogens with one attached hydrogen (secondary N) is 1. The summed E-state index contributed by atoms with van der Waals surface area (Å²) in [5.74, 6) is 2.85. The average molecular weight is 213 g/mol. The monoisotopic (exact) mass is 213 g/mol. The summed E-state index contributed by atoms with van der Waals surface area (Å²) in [5, 5.41) is 3.08. The van der Waals surface area contributed by atoms with Crippen LogP contribution in [0.2, 0.25) is 0 Å². The molecule has 0 aromatic carbocycles. The van der Waals surface area contributed by atoms with Crippen molar-refractivity contribution in [3.8, 4) is 12.3 Å². The minimum absolute atomic E-state index is 0.00653. The van der Waals surface area contributed by atoms with Gasteiger partial charge < -0.3 is 10.1 Å². The summed E-state index contributed by atoms with van der Waals surface area (Å²) in [6, 6.07) is 0. The molecule has 2 atom stereocenters. The SMILES string of the molecule is C#CCNC(=O)CSC1CCOC1C. The van der Waals surface area contributed by atoms with Gasteiger partial charge in [-0.1, -0.05) is 5.92 Å². The van der Waals surface area contributed by atoms with E-state index in [0.29, 0.717) is 17.5 Å². The van der Waals surface area contributed by atoms with Gasteiger partial charge in [-0.3, -0.25) is 4.79 Å². The fraction of sp³-hybridized carbons (Fsp3) is 0.700. The number of hydrogen-bond acceptors (Lipinski definition) is 3. The Kier molecular flexibility index (Phi) is 4.85. The van der Waals surface area contributed by atoms with Crippen LogP contribution in [0.1, 0.15) is 13.3 Å². The maximum atomic E-state index is 11.2. The van der Waals surface area contributed by atoms with Gasteiger partial charge in [0, 0.05) is 11.9 Å². The highest BCUT2D eigenvalue weighted by molar-refractivity contribution is 8.00. The van der Waals surface area contributed by atoms with Gasteiger partial charge in [0.2, 0.25) is 5.91 Å². The highest BCUT2D eigenvalue weighted by Gasteiger charge is 2.24. The molecule has 0 radical (unpaired) electrons. The lowest BCUT2D eigenvalue weighted by molar-refractivity contribution is -0.118. The van der Waals surface area contributed by atoms with Crippen molar-refractivity contribution >= 4 is 17.7 Å². The number of thioether (sulfide) groups is 1. The molecule has 4 heteroatoms. The van der Waals surface area contributed by atoms with Crippen LogP contribution < -0.4 is 5.32 Å². The lowest BCUT2D eigenvalue weighted by Gasteiger charge is -2.12. The highest BCUT2D eigenvalue weighted by atomic mass is 32.2. The third-order valence-corrected chi connectivity index (χ3v) is 3.60. The number of rotatable bonds is 4. The summed E-state index contributed by atoms with van der Waals surface area (Å²) in [4.78, 5) is 11.2. The van der Waals surface area contributed by atoms with Crippen molar-refractivity contribution in [3.63, 3.8) is 0 Å². The van der Waals surface area contributed by atoms with Crippen molar-refractivity contribution in [1.82, 2.24) is 5.32 Å². The minimum Gasteiger partial charge on any atom is -0.377 e. The molecule has 1 heterocycles. The Morgan fingerprint density at radius 3 is 3.14 bits per heavy atom. The molecule has 1 fully saturated rings. The topological polar surface area (TPSA) is 38.3 Å². The van der Waals surface area contributed by atoms with E-state index >= 15 is 0 Å². The lowest BCUT2D eigenvalue weighted by Crippen LogP contribution is -2.27. The smallest absolute Gasteiger partial charge is 0.230 e. The minimum atomic E-state index is 0.00653. The first-order valence-corrected chi connectivity index (χ1v) is 5.72. The molecule has 1 rings (SSSR count). The normalized spacial score (nSPS) is 25.7. The summed E-state index contributed by atoms with van der Waals surface area (Å²) in [6.45, 7) is 3.17. The maximum absolute atomic E-state index is 11.2. The predicted octanol–water partition coefficient (Wildman–Crippen LogP) is 0.646. The van der Waals surface area contributed by atoms with Crippen LogP contribution >= 0.6 is 11.8 Å². The number of ether oxygens (including phenoxy) is 1. The summed E-state index contributed by atoms with van der Waals surface area (Å²) in [5.41, 5.74) is 0. The van der Waals surface area contributed by atoms with E-state index in [1.54, 1.807) is 11.8 Å². The molecule has 0 spiro atoms. The van der Waals surface area contributed by atoms with Crippen molar-refractivity contribution in [2.75, 3.05) is 18.9 Å². The fourth-order valence-corrected chi connectivity index (χ4v) is 2.39. The van der Waals surface area contributed by atoms with Crippen molar-refractivity contribution in [3.05, 3.63) is 0 Å². The third-order valence-electron chi connectivity index (χ3n) is 2.12. The van der Waals surface area contributed by atoms with Crippen LogP contribution in [0.4, 0.5) is 0 Å². The summed E-state index contributed by atoms with van der Waals surface area (Å²) >= 11 is 1.65. The molecule has 2 unspecified atom stereocenters. The quantitative estimate of drug-likeness (QED) is 0.697. The van der Waals surface area contributed by atoms with E-state index in [0.717, 1.165) is 13.0 Å². The molecule has 1 amide bonds. The number of terminal acetylenes is 1. The average Bonchev–Trinajstić information content (AvgIpc) is 2.58. The van der Waals surface area contributed by atoms with Gasteiger partial charge in [-0.25, -0.2) is 0 Å². The van der Waals surface area contributed by atoms with E-state index in [4.69, 9.17) is 11.2 Å².